The monoisotopic (exact) mass is 355 g/mol. The highest BCUT2D eigenvalue weighted by atomic mass is 79.9. The zero-order valence-electron chi connectivity index (χ0n) is 10.8. The van der Waals surface area contributed by atoms with Crippen molar-refractivity contribution < 1.29 is 4.79 Å². The Balaban J connectivity index is 2.08. The second-order valence-electron chi connectivity index (χ2n) is 3.99. The molecule has 20 heavy (non-hydrogen) atoms. The van der Waals surface area contributed by atoms with Crippen LogP contribution in [0.3, 0.4) is 0 Å². The average molecular weight is 356 g/mol. The topological polar surface area (TPSA) is 85.8 Å². The van der Waals surface area contributed by atoms with E-state index in [1.165, 1.54) is 23.4 Å². The van der Waals surface area contributed by atoms with E-state index in [9.17, 15) is 4.79 Å². The molecule has 0 aliphatic carbocycles. The van der Waals surface area contributed by atoms with Gasteiger partial charge in [0.25, 0.3) is 0 Å². The molecule has 1 amide bonds. The van der Waals surface area contributed by atoms with Gasteiger partial charge in [-0.15, -0.1) is 10.2 Å². The predicted octanol–water partition coefficient (Wildman–Crippen LogP) is 1.65. The molecule has 0 radical (unpaired) electrons. The summed E-state index contributed by atoms with van der Waals surface area (Å²) in [6.45, 7) is 2.05. The third-order valence-corrected chi connectivity index (χ3v) is 4.12. The summed E-state index contributed by atoms with van der Waals surface area (Å²) >= 11 is 4.91. The Hall–Kier alpha value is -1.54. The predicted molar refractivity (Wildman–Crippen MR) is 82.7 cm³/mol. The summed E-state index contributed by atoms with van der Waals surface area (Å²) in [5.41, 5.74) is 0.885. The fourth-order valence-corrected chi connectivity index (χ4v) is 2.74. The number of nitrogen functional groups attached to an aromatic ring is 1. The number of aromatic nitrogens is 3. The molecule has 0 aliphatic heterocycles. The van der Waals surface area contributed by atoms with Gasteiger partial charge < -0.3 is 11.2 Å². The minimum absolute atomic E-state index is 0.0475. The van der Waals surface area contributed by atoms with Gasteiger partial charge in [0.05, 0.1) is 0 Å². The van der Waals surface area contributed by atoms with Gasteiger partial charge in [-0.05, 0) is 12.1 Å². The normalized spacial score (nSPS) is 10.5. The first-order chi connectivity index (χ1) is 9.59. The van der Waals surface area contributed by atoms with Gasteiger partial charge in [-0.3, -0.25) is 4.79 Å². The lowest BCUT2D eigenvalue weighted by atomic mass is 10.2. The Morgan fingerprint density at radius 3 is 2.90 bits per heavy atom. The Morgan fingerprint density at radius 2 is 2.20 bits per heavy atom. The lowest BCUT2D eigenvalue weighted by Gasteiger charge is -2.05. The molecule has 3 N–H and O–H groups in total. The van der Waals surface area contributed by atoms with Crippen molar-refractivity contribution in [3.8, 4) is 11.4 Å². The zero-order valence-corrected chi connectivity index (χ0v) is 13.2. The van der Waals surface area contributed by atoms with Gasteiger partial charge in [0.2, 0.25) is 11.1 Å². The molecule has 1 aromatic heterocycles. The summed E-state index contributed by atoms with van der Waals surface area (Å²) in [7, 11) is 0. The van der Waals surface area contributed by atoms with Crippen molar-refractivity contribution in [2.24, 2.45) is 0 Å². The molecule has 0 saturated carbocycles. The van der Waals surface area contributed by atoms with E-state index in [1.54, 1.807) is 0 Å². The molecule has 1 heterocycles. The Labute approximate surface area is 129 Å². The van der Waals surface area contributed by atoms with Crippen LogP contribution in [-0.2, 0) is 4.79 Å². The summed E-state index contributed by atoms with van der Waals surface area (Å²) in [6.07, 6.45) is 0. The third-order valence-electron chi connectivity index (χ3n) is 2.49. The number of carbonyl (C=O) groups excluding carboxylic acids is 1. The number of nitrogens with one attached hydrogen (secondary N) is 1. The zero-order chi connectivity index (χ0) is 14.5. The number of nitrogens with two attached hydrogens (primary N) is 1. The SMILES string of the molecule is CC(=O)NCCSc1nnc(-c2ccccc2Br)n1N. The van der Waals surface area contributed by atoms with Crippen molar-refractivity contribution in [2.45, 2.75) is 12.1 Å². The number of hydrogen-bond acceptors (Lipinski definition) is 5. The Bertz CT molecular complexity index is 616. The maximum atomic E-state index is 10.8. The smallest absolute Gasteiger partial charge is 0.216 e. The summed E-state index contributed by atoms with van der Waals surface area (Å²) in [5, 5.41) is 11.5. The lowest BCUT2D eigenvalue weighted by molar-refractivity contribution is -0.118. The average Bonchev–Trinajstić information content (AvgIpc) is 2.77. The van der Waals surface area contributed by atoms with Crippen molar-refractivity contribution in [1.82, 2.24) is 20.2 Å². The summed E-state index contributed by atoms with van der Waals surface area (Å²) in [4.78, 5) is 10.8. The summed E-state index contributed by atoms with van der Waals surface area (Å²) in [6, 6.07) is 7.68. The molecule has 0 aliphatic rings. The Morgan fingerprint density at radius 1 is 1.45 bits per heavy atom. The summed E-state index contributed by atoms with van der Waals surface area (Å²) < 4.78 is 2.37. The molecule has 106 valence electrons. The van der Waals surface area contributed by atoms with Crippen molar-refractivity contribution >= 4 is 33.6 Å². The first-order valence-corrected chi connectivity index (χ1v) is 7.70. The van der Waals surface area contributed by atoms with Crippen LogP contribution in [0.25, 0.3) is 11.4 Å². The van der Waals surface area contributed by atoms with E-state index in [2.05, 4.69) is 31.4 Å². The molecule has 0 unspecified atom stereocenters. The standard InChI is InChI=1S/C12H14BrN5OS/c1-8(19)15-6-7-20-12-17-16-11(18(12)14)9-4-2-3-5-10(9)13/h2-5H,6-7,14H2,1H3,(H,15,19). The highest BCUT2D eigenvalue weighted by Crippen LogP contribution is 2.27. The fourth-order valence-electron chi connectivity index (χ4n) is 1.57. The van der Waals surface area contributed by atoms with Crippen LogP contribution in [-0.4, -0.2) is 33.1 Å². The highest BCUT2D eigenvalue weighted by Gasteiger charge is 2.13. The molecule has 8 heteroatoms. The molecule has 2 rings (SSSR count). The van der Waals surface area contributed by atoms with E-state index in [-0.39, 0.29) is 5.91 Å². The molecule has 6 nitrogen and oxygen atoms in total. The number of rotatable bonds is 5. The van der Waals surface area contributed by atoms with Crippen LogP contribution in [0.5, 0.6) is 0 Å². The molecular weight excluding hydrogens is 342 g/mol. The second kappa shape index (κ2) is 6.76. The van der Waals surface area contributed by atoms with Crippen LogP contribution in [0.1, 0.15) is 6.92 Å². The number of nitrogens with zero attached hydrogens (tertiary/aromatic N) is 3. The van der Waals surface area contributed by atoms with E-state index < -0.39 is 0 Å². The van der Waals surface area contributed by atoms with Crippen LogP contribution in [0.2, 0.25) is 0 Å². The van der Waals surface area contributed by atoms with Crippen LogP contribution in [0, 0.1) is 0 Å². The highest BCUT2D eigenvalue weighted by molar-refractivity contribution is 9.10. The first kappa shape index (κ1) is 14.9. The minimum Gasteiger partial charge on any atom is -0.356 e. The van der Waals surface area contributed by atoms with E-state index in [4.69, 9.17) is 5.84 Å². The maximum absolute atomic E-state index is 10.8. The Kier molecular flexibility index (Phi) is 5.02. The number of thioether (sulfide) groups is 1. The molecule has 2 aromatic rings. The van der Waals surface area contributed by atoms with Crippen LogP contribution < -0.4 is 11.2 Å². The van der Waals surface area contributed by atoms with Crippen molar-refractivity contribution in [3.63, 3.8) is 0 Å². The number of hydrogen-bond donors (Lipinski definition) is 2. The number of halogens is 1. The first-order valence-electron chi connectivity index (χ1n) is 5.92. The molecule has 0 spiro atoms. The van der Waals surface area contributed by atoms with Gasteiger partial charge in [0.1, 0.15) is 0 Å². The number of amides is 1. The molecule has 0 atom stereocenters. The van der Waals surface area contributed by atoms with Crippen molar-refractivity contribution in [3.05, 3.63) is 28.7 Å². The van der Waals surface area contributed by atoms with Crippen LogP contribution in [0.15, 0.2) is 33.9 Å². The van der Waals surface area contributed by atoms with E-state index in [0.29, 0.717) is 23.3 Å². The molecular formula is C12H14BrN5OS. The molecule has 1 aromatic carbocycles. The minimum atomic E-state index is -0.0475. The third kappa shape index (κ3) is 3.51. The van der Waals surface area contributed by atoms with Gasteiger partial charge in [0.15, 0.2) is 5.82 Å². The number of carbonyl (C=O) groups is 1. The molecule has 0 saturated heterocycles. The fraction of sp³-hybridized carbons (Fsp3) is 0.250. The summed E-state index contributed by atoms with van der Waals surface area (Å²) in [5.74, 6) is 7.24. The van der Waals surface area contributed by atoms with E-state index >= 15 is 0 Å². The molecule has 0 bridgehead atoms. The lowest BCUT2D eigenvalue weighted by Crippen LogP contribution is -2.22. The second-order valence-corrected chi connectivity index (χ2v) is 5.90. The van der Waals surface area contributed by atoms with Gasteiger partial charge in [-0.25, -0.2) is 4.68 Å². The number of benzene rings is 1. The van der Waals surface area contributed by atoms with Gasteiger partial charge in [-0.1, -0.05) is 39.8 Å². The van der Waals surface area contributed by atoms with Crippen molar-refractivity contribution in [1.29, 1.82) is 0 Å². The maximum Gasteiger partial charge on any atom is 0.216 e. The van der Waals surface area contributed by atoms with Gasteiger partial charge >= 0.3 is 0 Å². The van der Waals surface area contributed by atoms with Gasteiger partial charge in [0, 0.05) is 29.3 Å². The van der Waals surface area contributed by atoms with Crippen LogP contribution >= 0.6 is 27.7 Å². The van der Waals surface area contributed by atoms with Crippen molar-refractivity contribution in [2.75, 3.05) is 18.1 Å². The van der Waals surface area contributed by atoms with Crippen LogP contribution in [0.4, 0.5) is 0 Å². The quantitative estimate of drug-likeness (QED) is 0.483. The van der Waals surface area contributed by atoms with E-state index in [0.717, 1.165) is 10.0 Å². The van der Waals surface area contributed by atoms with E-state index in [1.807, 2.05) is 24.3 Å². The molecule has 0 fully saturated rings. The largest absolute Gasteiger partial charge is 0.356 e. The van der Waals surface area contributed by atoms with Gasteiger partial charge in [-0.2, -0.15) is 0 Å².